The summed E-state index contributed by atoms with van der Waals surface area (Å²) in [5, 5.41) is 7.46. The summed E-state index contributed by atoms with van der Waals surface area (Å²) < 4.78 is 10.3. The number of methoxy groups -OCH3 is 1. The van der Waals surface area contributed by atoms with E-state index in [-0.39, 0.29) is 12.4 Å². The molecule has 142 valence electrons. The molecule has 4 rings (SSSR count). The number of ether oxygens (including phenoxy) is 1. The molecule has 0 spiro atoms. The van der Waals surface area contributed by atoms with Crippen molar-refractivity contribution in [1.82, 2.24) is 19.9 Å². The standard InChI is InChI=1S/C18H25N5O2.ClH/c1-24-13-16-20-17(25-21-16)12-23-9-7-22(8-10-23)11-15-4-2-3-14-5-6-19-18(14)15;/h2-4,19H,5-13H2,1H3;1H. The molecule has 0 radical (unpaired) electrons. The molecule has 2 aromatic rings. The van der Waals surface area contributed by atoms with Crippen molar-refractivity contribution >= 4 is 18.1 Å². The van der Waals surface area contributed by atoms with E-state index >= 15 is 0 Å². The number of aromatic nitrogens is 2. The van der Waals surface area contributed by atoms with Crippen molar-refractivity contribution in [3.05, 3.63) is 41.0 Å². The highest BCUT2D eigenvalue weighted by molar-refractivity contribution is 5.85. The summed E-state index contributed by atoms with van der Waals surface area (Å²) in [7, 11) is 1.63. The van der Waals surface area contributed by atoms with Gasteiger partial charge in [-0.15, -0.1) is 12.4 Å². The Morgan fingerprint density at radius 3 is 2.69 bits per heavy atom. The number of para-hydroxylation sites is 1. The van der Waals surface area contributed by atoms with Crippen LogP contribution in [-0.2, 0) is 30.9 Å². The molecule has 8 heteroatoms. The first-order valence-electron chi connectivity index (χ1n) is 8.91. The normalized spacial score (nSPS) is 17.6. The van der Waals surface area contributed by atoms with Crippen molar-refractivity contribution in [3.8, 4) is 0 Å². The number of benzene rings is 1. The average molecular weight is 380 g/mol. The van der Waals surface area contributed by atoms with Crippen LogP contribution in [0.5, 0.6) is 0 Å². The van der Waals surface area contributed by atoms with Gasteiger partial charge in [-0.2, -0.15) is 4.98 Å². The largest absolute Gasteiger partial charge is 0.384 e. The monoisotopic (exact) mass is 379 g/mol. The van der Waals surface area contributed by atoms with Crippen LogP contribution in [0.15, 0.2) is 22.7 Å². The number of halogens is 1. The molecule has 0 aliphatic carbocycles. The van der Waals surface area contributed by atoms with E-state index in [1.54, 1.807) is 7.11 Å². The lowest BCUT2D eigenvalue weighted by Gasteiger charge is -2.34. The molecule has 7 nitrogen and oxygen atoms in total. The number of piperazine rings is 1. The fourth-order valence-corrected chi connectivity index (χ4v) is 3.62. The molecule has 3 heterocycles. The van der Waals surface area contributed by atoms with E-state index in [0.29, 0.717) is 24.9 Å². The molecule has 26 heavy (non-hydrogen) atoms. The van der Waals surface area contributed by atoms with Gasteiger partial charge in [0.25, 0.3) is 0 Å². The zero-order valence-corrected chi connectivity index (χ0v) is 15.9. The van der Waals surface area contributed by atoms with E-state index in [4.69, 9.17) is 9.26 Å². The summed E-state index contributed by atoms with van der Waals surface area (Å²) in [6.07, 6.45) is 1.15. The third-order valence-electron chi connectivity index (χ3n) is 4.93. The third-order valence-corrected chi connectivity index (χ3v) is 4.93. The van der Waals surface area contributed by atoms with Crippen LogP contribution in [0, 0.1) is 0 Å². The van der Waals surface area contributed by atoms with Crippen molar-refractivity contribution in [2.75, 3.05) is 45.2 Å². The average Bonchev–Trinajstić information content (AvgIpc) is 3.27. The highest BCUT2D eigenvalue weighted by atomic mass is 35.5. The van der Waals surface area contributed by atoms with E-state index in [9.17, 15) is 0 Å². The first-order chi connectivity index (χ1) is 12.3. The minimum atomic E-state index is 0. The molecule has 2 aliphatic heterocycles. The Kier molecular flexibility index (Phi) is 6.48. The van der Waals surface area contributed by atoms with Gasteiger partial charge in [-0.25, -0.2) is 0 Å². The summed E-state index contributed by atoms with van der Waals surface area (Å²) >= 11 is 0. The fourth-order valence-electron chi connectivity index (χ4n) is 3.62. The number of nitrogens with zero attached hydrogens (tertiary/aromatic N) is 4. The molecular formula is C18H26ClN5O2. The number of anilines is 1. The molecule has 0 bridgehead atoms. The van der Waals surface area contributed by atoms with Gasteiger partial charge in [-0.1, -0.05) is 23.4 Å². The SMILES string of the molecule is COCc1noc(CN2CCN(Cc3cccc4c3NCC4)CC2)n1.Cl. The predicted molar refractivity (Wildman–Crippen MR) is 101 cm³/mol. The zero-order valence-electron chi connectivity index (χ0n) is 15.1. The second kappa shape index (κ2) is 8.81. The quantitative estimate of drug-likeness (QED) is 0.822. The number of rotatable bonds is 6. The van der Waals surface area contributed by atoms with Crippen molar-refractivity contribution < 1.29 is 9.26 Å². The number of hydrogen-bond donors (Lipinski definition) is 1. The maximum Gasteiger partial charge on any atom is 0.240 e. The molecule has 1 aromatic heterocycles. The molecule has 1 saturated heterocycles. The van der Waals surface area contributed by atoms with Crippen molar-refractivity contribution in [3.63, 3.8) is 0 Å². The van der Waals surface area contributed by atoms with Gasteiger partial charge >= 0.3 is 0 Å². The van der Waals surface area contributed by atoms with E-state index in [1.165, 1.54) is 16.8 Å². The lowest BCUT2D eigenvalue weighted by Crippen LogP contribution is -2.45. The van der Waals surface area contributed by atoms with Crippen LogP contribution in [0.25, 0.3) is 0 Å². The Hall–Kier alpha value is -1.67. The van der Waals surface area contributed by atoms with Crippen LogP contribution >= 0.6 is 12.4 Å². The Morgan fingerprint density at radius 1 is 1.15 bits per heavy atom. The lowest BCUT2D eigenvalue weighted by molar-refractivity contribution is 0.112. The van der Waals surface area contributed by atoms with Gasteiger partial charge < -0.3 is 14.6 Å². The summed E-state index contributed by atoms with van der Waals surface area (Å²) in [5.74, 6) is 1.28. The van der Waals surface area contributed by atoms with E-state index in [2.05, 4.69) is 43.5 Å². The molecule has 0 amide bonds. The minimum absolute atomic E-state index is 0. The summed E-state index contributed by atoms with van der Waals surface area (Å²) in [5.41, 5.74) is 4.24. The smallest absolute Gasteiger partial charge is 0.240 e. The Labute approximate surface area is 160 Å². The zero-order chi connectivity index (χ0) is 17.1. The van der Waals surface area contributed by atoms with Crippen LogP contribution < -0.4 is 5.32 Å². The highest BCUT2D eigenvalue weighted by Crippen LogP contribution is 2.27. The maximum atomic E-state index is 5.29. The summed E-state index contributed by atoms with van der Waals surface area (Å²) in [4.78, 5) is 9.25. The molecule has 0 atom stereocenters. The van der Waals surface area contributed by atoms with Gasteiger partial charge in [0.05, 0.1) is 6.54 Å². The number of fused-ring (bicyclic) bond motifs is 1. The van der Waals surface area contributed by atoms with Gasteiger partial charge in [0.1, 0.15) is 6.61 Å². The van der Waals surface area contributed by atoms with Crippen LogP contribution in [0.1, 0.15) is 22.8 Å². The molecule has 1 aromatic carbocycles. The molecular weight excluding hydrogens is 354 g/mol. The number of hydrogen-bond acceptors (Lipinski definition) is 7. The molecule has 0 unspecified atom stereocenters. The minimum Gasteiger partial charge on any atom is -0.384 e. The Balaban J connectivity index is 0.00000196. The summed E-state index contributed by atoms with van der Waals surface area (Å²) in [6.45, 7) is 7.35. The van der Waals surface area contributed by atoms with Crippen LogP contribution in [0.2, 0.25) is 0 Å². The Morgan fingerprint density at radius 2 is 1.92 bits per heavy atom. The van der Waals surface area contributed by atoms with Crippen molar-refractivity contribution in [2.24, 2.45) is 0 Å². The van der Waals surface area contributed by atoms with Crippen LogP contribution in [-0.4, -0.2) is 59.8 Å². The molecule has 0 saturated carbocycles. The van der Waals surface area contributed by atoms with Gasteiger partial charge in [0, 0.05) is 52.1 Å². The topological polar surface area (TPSA) is 66.7 Å². The van der Waals surface area contributed by atoms with Crippen LogP contribution in [0.3, 0.4) is 0 Å². The second-order valence-electron chi connectivity index (χ2n) is 6.72. The molecule has 2 aliphatic rings. The van der Waals surface area contributed by atoms with E-state index in [1.807, 2.05) is 0 Å². The highest BCUT2D eigenvalue weighted by Gasteiger charge is 2.21. The predicted octanol–water partition coefficient (Wildman–Crippen LogP) is 1.92. The first kappa shape index (κ1) is 19.1. The maximum absolute atomic E-state index is 5.29. The van der Waals surface area contributed by atoms with E-state index in [0.717, 1.165) is 45.7 Å². The van der Waals surface area contributed by atoms with Crippen molar-refractivity contribution in [1.29, 1.82) is 0 Å². The van der Waals surface area contributed by atoms with Gasteiger partial charge in [0.15, 0.2) is 5.82 Å². The third kappa shape index (κ3) is 4.35. The van der Waals surface area contributed by atoms with Crippen LogP contribution in [0.4, 0.5) is 5.69 Å². The Bertz CT molecular complexity index is 715. The lowest BCUT2D eigenvalue weighted by atomic mass is 10.1. The summed E-state index contributed by atoms with van der Waals surface area (Å²) in [6, 6.07) is 6.67. The fraction of sp³-hybridized carbons (Fsp3) is 0.556. The first-order valence-corrected chi connectivity index (χ1v) is 8.91. The van der Waals surface area contributed by atoms with Crippen molar-refractivity contribution in [2.45, 2.75) is 26.1 Å². The molecule has 1 fully saturated rings. The van der Waals surface area contributed by atoms with Gasteiger partial charge in [-0.05, 0) is 17.5 Å². The molecule has 1 N–H and O–H groups in total. The van der Waals surface area contributed by atoms with Gasteiger partial charge in [-0.3, -0.25) is 9.80 Å². The van der Waals surface area contributed by atoms with Gasteiger partial charge in [0.2, 0.25) is 5.89 Å². The number of nitrogens with one attached hydrogen (secondary N) is 1. The van der Waals surface area contributed by atoms with E-state index < -0.39 is 0 Å². The second-order valence-corrected chi connectivity index (χ2v) is 6.72.